The maximum absolute atomic E-state index is 14.9. The molecule has 0 unspecified atom stereocenters. The number of halogens is 1. The number of thiophene rings is 1. The fourth-order valence-electron chi connectivity index (χ4n) is 3.90. The summed E-state index contributed by atoms with van der Waals surface area (Å²) < 4.78 is 20.2. The first kappa shape index (κ1) is 22.9. The van der Waals surface area contributed by atoms with Crippen molar-refractivity contribution in [2.45, 2.75) is 26.0 Å². The van der Waals surface area contributed by atoms with Gasteiger partial charge in [0.2, 0.25) is 5.91 Å². The Kier molecular flexibility index (Phi) is 6.70. The van der Waals surface area contributed by atoms with Gasteiger partial charge in [0, 0.05) is 43.1 Å². The smallest absolute Gasteiger partial charge is 0.414 e. The molecule has 33 heavy (non-hydrogen) atoms. The van der Waals surface area contributed by atoms with Crippen LogP contribution in [0.25, 0.3) is 5.57 Å². The Morgan fingerprint density at radius 2 is 2.18 bits per heavy atom. The molecule has 1 aromatic carbocycles. The summed E-state index contributed by atoms with van der Waals surface area (Å²) in [5, 5.41) is 13.6. The van der Waals surface area contributed by atoms with Crippen molar-refractivity contribution in [1.29, 1.82) is 0 Å². The zero-order valence-electron chi connectivity index (χ0n) is 18.0. The number of nitrogens with zero attached hydrogens (tertiary/aromatic N) is 3. The second-order valence-electron chi connectivity index (χ2n) is 7.93. The highest BCUT2D eigenvalue weighted by Gasteiger charge is 2.33. The van der Waals surface area contributed by atoms with Crippen LogP contribution < -0.4 is 10.2 Å². The second-order valence-corrected chi connectivity index (χ2v) is 9.08. The van der Waals surface area contributed by atoms with E-state index in [4.69, 9.17) is 4.74 Å². The first-order valence-corrected chi connectivity index (χ1v) is 11.3. The van der Waals surface area contributed by atoms with E-state index < -0.39 is 18.0 Å². The number of rotatable bonds is 7. The molecule has 1 atom stereocenters. The summed E-state index contributed by atoms with van der Waals surface area (Å²) in [6.45, 7) is 3.76. The van der Waals surface area contributed by atoms with Crippen molar-refractivity contribution in [2.75, 3.05) is 31.1 Å². The molecule has 1 fully saturated rings. The van der Waals surface area contributed by atoms with E-state index in [0.717, 1.165) is 10.5 Å². The number of anilines is 1. The summed E-state index contributed by atoms with van der Waals surface area (Å²) >= 11 is 1.17. The van der Waals surface area contributed by atoms with Crippen LogP contribution in [-0.2, 0) is 16.1 Å². The standard InChI is InChI=1S/C22H23FN4O5S/c1-14(28)24-11-17-12-26(22(29)32-17)16-2-4-19(20(23)10-16)15-6-8-25(9-7-15)13-18-3-5-21(33-18)27(30)31/h2-6,10,17H,7-9,11-13H2,1H3,(H,24,28)/t17-/m0/s1. The lowest BCUT2D eigenvalue weighted by Gasteiger charge is -2.26. The second kappa shape index (κ2) is 9.67. The Morgan fingerprint density at radius 1 is 1.36 bits per heavy atom. The lowest BCUT2D eigenvalue weighted by Crippen LogP contribution is -2.33. The van der Waals surface area contributed by atoms with Gasteiger partial charge in [-0.25, -0.2) is 9.18 Å². The van der Waals surface area contributed by atoms with Gasteiger partial charge in [-0.2, -0.15) is 0 Å². The number of amides is 2. The van der Waals surface area contributed by atoms with Crippen LogP contribution in [0.4, 0.5) is 19.9 Å². The minimum Gasteiger partial charge on any atom is -0.442 e. The van der Waals surface area contributed by atoms with E-state index in [2.05, 4.69) is 10.2 Å². The fraction of sp³-hybridized carbons (Fsp3) is 0.364. The normalized spacial score (nSPS) is 18.7. The predicted molar refractivity (Wildman–Crippen MR) is 122 cm³/mol. The predicted octanol–water partition coefficient (Wildman–Crippen LogP) is 3.55. The number of hydrogen-bond donors (Lipinski definition) is 1. The van der Waals surface area contributed by atoms with Crippen molar-refractivity contribution >= 4 is 39.6 Å². The van der Waals surface area contributed by atoms with Gasteiger partial charge in [-0.05, 0) is 36.3 Å². The Morgan fingerprint density at radius 3 is 2.82 bits per heavy atom. The molecule has 2 aliphatic heterocycles. The molecule has 1 N–H and O–H groups in total. The van der Waals surface area contributed by atoms with Gasteiger partial charge in [0.15, 0.2) is 0 Å². The first-order valence-electron chi connectivity index (χ1n) is 10.5. The van der Waals surface area contributed by atoms with Crippen LogP contribution in [0.5, 0.6) is 0 Å². The zero-order valence-corrected chi connectivity index (χ0v) is 18.8. The highest BCUT2D eigenvalue weighted by Crippen LogP contribution is 2.31. The van der Waals surface area contributed by atoms with Crippen molar-refractivity contribution in [1.82, 2.24) is 10.2 Å². The van der Waals surface area contributed by atoms with Crippen molar-refractivity contribution < 1.29 is 23.6 Å². The molecule has 0 spiro atoms. The molecule has 2 aromatic rings. The maximum Gasteiger partial charge on any atom is 0.414 e. The van der Waals surface area contributed by atoms with Crippen LogP contribution >= 0.6 is 11.3 Å². The number of ether oxygens (including phenoxy) is 1. The van der Waals surface area contributed by atoms with E-state index in [1.54, 1.807) is 18.2 Å². The summed E-state index contributed by atoms with van der Waals surface area (Å²) in [6, 6.07) is 7.97. The molecule has 2 amide bonds. The van der Waals surface area contributed by atoms with E-state index in [1.807, 2.05) is 6.08 Å². The molecule has 0 radical (unpaired) electrons. The minimum atomic E-state index is -0.571. The third-order valence-corrected chi connectivity index (χ3v) is 6.58. The van der Waals surface area contributed by atoms with Crippen LogP contribution in [0.15, 0.2) is 36.4 Å². The average molecular weight is 475 g/mol. The molecule has 0 aliphatic carbocycles. The van der Waals surface area contributed by atoms with E-state index in [0.29, 0.717) is 37.3 Å². The molecule has 1 saturated heterocycles. The molecule has 4 rings (SSSR count). The fourth-order valence-corrected chi connectivity index (χ4v) is 4.76. The summed E-state index contributed by atoms with van der Waals surface area (Å²) in [5.41, 5.74) is 1.79. The Balaban J connectivity index is 1.38. The number of nitrogens with one attached hydrogen (secondary N) is 1. The molecular formula is C22H23FN4O5S. The third-order valence-electron chi connectivity index (χ3n) is 5.56. The van der Waals surface area contributed by atoms with Crippen molar-refractivity contribution in [3.05, 3.63) is 62.8 Å². The molecule has 11 heteroatoms. The van der Waals surface area contributed by atoms with Gasteiger partial charge < -0.3 is 10.1 Å². The van der Waals surface area contributed by atoms with Crippen LogP contribution in [0.2, 0.25) is 0 Å². The van der Waals surface area contributed by atoms with Gasteiger partial charge in [-0.1, -0.05) is 17.4 Å². The monoisotopic (exact) mass is 474 g/mol. The topological polar surface area (TPSA) is 105 Å². The largest absolute Gasteiger partial charge is 0.442 e. The summed E-state index contributed by atoms with van der Waals surface area (Å²) in [4.78, 5) is 38.1. The molecular weight excluding hydrogens is 451 g/mol. The number of carbonyl (C=O) groups excluding carboxylic acids is 2. The average Bonchev–Trinajstić information content (AvgIpc) is 3.39. The molecule has 174 valence electrons. The molecule has 0 saturated carbocycles. The van der Waals surface area contributed by atoms with E-state index in [-0.39, 0.29) is 28.9 Å². The lowest BCUT2D eigenvalue weighted by molar-refractivity contribution is -0.380. The van der Waals surface area contributed by atoms with Crippen LogP contribution in [0.1, 0.15) is 23.8 Å². The summed E-state index contributed by atoms with van der Waals surface area (Å²) in [5.74, 6) is -0.630. The van der Waals surface area contributed by atoms with Gasteiger partial charge in [0.25, 0.3) is 0 Å². The van der Waals surface area contributed by atoms with E-state index in [1.165, 1.54) is 35.3 Å². The van der Waals surface area contributed by atoms with Crippen LogP contribution in [-0.4, -0.2) is 54.1 Å². The highest BCUT2D eigenvalue weighted by atomic mass is 32.1. The first-order chi connectivity index (χ1) is 15.8. The molecule has 3 heterocycles. The molecule has 0 bridgehead atoms. The van der Waals surface area contributed by atoms with Gasteiger partial charge in [-0.3, -0.25) is 24.7 Å². The maximum atomic E-state index is 14.9. The van der Waals surface area contributed by atoms with E-state index in [9.17, 15) is 24.1 Å². The summed E-state index contributed by atoms with van der Waals surface area (Å²) in [7, 11) is 0. The summed E-state index contributed by atoms with van der Waals surface area (Å²) in [6.07, 6.45) is 1.56. The number of carbonyl (C=O) groups is 2. The van der Waals surface area contributed by atoms with Crippen LogP contribution in [0.3, 0.4) is 0 Å². The zero-order chi connectivity index (χ0) is 23.5. The highest BCUT2D eigenvalue weighted by molar-refractivity contribution is 7.15. The van der Waals surface area contributed by atoms with Gasteiger partial charge in [0.05, 0.1) is 23.7 Å². The Labute approximate surface area is 193 Å². The number of hydrogen-bond acceptors (Lipinski definition) is 7. The number of benzene rings is 1. The van der Waals surface area contributed by atoms with Gasteiger partial charge >= 0.3 is 11.1 Å². The van der Waals surface area contributed by atoms with Crippen LogP contribution in [0, 0.1) is 15.9 Å². The van der Waals surface area contributed by atoms with Gasteiger partial charge in [0.1, 0.15) is 11.9 Å². The van der Waals surface area contributed by atoms with E-state index >= 15 is 0 Å². The Hall–Kier alpha value is -3.31. The molecule has 2 aliphatic rings. The molecule has 1 aromatic heterocycles. The SMILES string of the molecule is CC(=O)NC[C@H]1CN(c2ccc(C3=CCN(Cc4ccc([N+](=O)[O-])s4)CC3)c(F)c2)C(=O)O1. The van der Waals surface area contributed by atoms with Crippen molar-refractivity contribution in [3.8, 4) is 0 Å². The van der Waals surface area contributed by atoms with Crippen molar-refractivity contribution in [3.63, 3.8) is 0 Å². The Bertz CT molecular complexity index is 1120. The van der Waals surface area contributed by atoms with Gasteiger partial charge in [-0.15, -0.1) is 0 Å². The number of cyclic esters (lactones) is 1. The van der Waals surface area contributed by atoms with Crippen molar-refractivity contribution in [2.24, 2.45) is 0 Å². The number of nitro groups is 1. The quantitative estimate of drug-likeness (QED) is 0.486. The minimum absolute atomic E-state index is 0.128. The lowest BCUT2D eigenvalue weighted by atomic mass is 9.98. The third kappa shape index (κ3) is 5.37. The molecule has 9 nitrogen and oxygen atoms in total.